The minimum Gasteiger partial charge on any atom is -0.369 e. The summed E-state index contributed by atoms with van der Waals surface area (Å²) < 4.78 is 0.988. The first-order valence-corrected chi connectivity index (χ1v) is 36.3. The van der Waals surface area contributed by atoms with Gasteiger partial charge in [-0.25, -0.2) is 19.8 Å². The lowest BCUT2D eigenvalue weighted by atomic mass is 9.59. The molecule has 3 heterocycles. The van der Waals surface area contributed by atoms with Crippen LogP contribution in [-0.2, 0) is 69.5 Å². The lowest BCUT2D eigenvalue weighted by Crippen LogP contribution is -2.51. The maximum atomic E-state index is 14.0. The molecular weight excluding hydrogens is 1280 g/mol. The highest BCUT2D eigenvalue weighted by molar-refractivity contribution is 9.10. The molecule has 4 fully saturated rings. The second-order valence-electron chi connectivity index (χ2n) is 30.2. The molecular formula is C84H87BrN10O3. The largest absolute Gasteiger partial charge is 0.369 e. The minimum absolute atomic E-state index is 0.00711. The van der Waals surface area contributed by atoms with Crippen LogP contribution >= 0.6 is 15.9 Å². The fraction of sp³-hybridized carbons (Fsp3) is 0.393. The van der Waals surface area contributed by atoms with Gasteiger partial charge in [0.2, 0.25) is 0 Å². The van der Waals surface area contributed by atoms with Crippen LogP contribution in [0.5, 0.6) is 0 Å². The maximum absolute atomic E-state index is 14.0. The molecule has 0 aromatic heterocycles. The Balaban J connectivity index is 0.000000121. The van der Waals surface area contributed by atoms with Gasteiger partial charge in [0.05, 0.1) is 6.57 Å². The number of fused-ring (bicyclic) bond motifs is 9. The Morgan fingerprint density at radius 3 is 1.22 bits per heavy atom. The molecule has 3 unspecified atom stereocenters. The summed E-state index contributed by atoms with van der Waals surface area (Å²) in [7, 11) is 5.26. The van der Waals surface area contributed by atoms with Crippen molar-refractivity contribution in [2.45, 2.75) is 145 Å². The molecule has 7 aromatic rings. The summed E-state index contributed by atoms with van der Waals surface area (Å²) in [6, 6.07) is 59.0. The number of benzene rings is 7. The van der Waals surface area contributed by atoms with Crippen LogP contribution in [0.1, 0.15) is 146 Å². The van der Waals surface area contributed by atoms with Crippen molar-refractivity contribution in [2.75, 3.05) is 21.1 Å². The fourth-order valence-electron chi connectivity index (χ4n) is 19.2. The molecule has 7 aliphatic carbocycles. The van der Waals surface area contributed by atoms with Crippen LogP contribution in [0.3, 0.4) is 0 Å². The topological polar surface area (TPSA) is 180 Å². The van der Waals surface area contributed by atoms with Gasteiger partial charge in [0.1, 0.15) is 0 Å². The van der Waals surface area contributed by atoms with Gasteiger partial charge in [0, 0.05) is 53.3 Å². The van der Waals surface area contributed by atoms with E-state index >= 15 is 0 Å². The van der Waals surface area contributed by atoms with Crippen molar-refractivity contribution in [1.82, 2.24) is 14.7 Å². The standard InChI is InChI=1S/C31H30N4O.C29H31N3O.C24H26BrN3O/c1-33-26-10-6-9-23(18-26)24-11-12-25-20-30(31(27(25)19-24)28(36)35(2)29(32)34-31)15-13-22(14-16-30)17-21-7-4-3-5-8-21;1-32-26(33)29(31-27(32)30)25-18-22(10-9-20-7-8-20)11-12-24(25)19-28(29)15-13-23(14-16-28)17-21-5-3-2-4-6-21;1-28-21(29)24(27-22(28)26)20-14-19(25)8-7-18(20)15-23(24)11-9-17(10-12-23)13-16-5-3-2-4-6-16/h3-12,18-19,22H,13-17,20H2,2H3,(H2,32,34);2-6,11-12,18,20,23H,7-8,13-17,19H2,1H3,(H2,30,31);2-8,14,17H,9-13,15H2,1H3,(H2,26,27). The summed E-state index contributed by atoms with van der Waals surface area (Å²) in [5, 5.41) is 0. The molecule has 0 saturated heterocycles. The number of carbonyl (C=O) groups excluding carboxylic acids is 3. The molecule has 10 aliphatic rings. The third-order valence-electron chi connectivity index (χ3n) is 24.7. The van der Waals surface area contributed by atoms with Crippen LogP contribution in [0, 0.1) is 58.3 Å². The molecule has 0 radical (unpaired) electrons. The van der Waals surface area contributed by atoms with E-state index in [1.165, 1.54) is 46.2 Å². The molecule has 6 spiro atoms. The molecule has 3 amide bonds. The van der Waals surface area contributed by atoms with Crippen LogP contribution in [0.4, 0.5) is 5.69 Å². The minimum atomic E-state index is -0.966. The Bertz CT molecular complexity index is 4500. The van der Waals surface area contributed by atoms with Crippen LogP contribution in [0.2, 0.25) is 0 Å². The number of rotatable bonds is 7. The number of likely N-dealkylation sites (N-methyl/N-ethyl adjacent to an activating group) is 3. The van der Waals surface area contributed by atoms with Crippen LogP contribution in [-0.4, -0.2) is 71.4 Å². The number of carbonyl (C=O) groups is 3. The van der Waals surface area contributed by atoms with E-state index in [0.29, 0.717) is 47.2 Å². The van der Waals surface area contributed by atoms with E-state index in [0.717, 1.165) is 153 Å². The first-order chi connectivity index (χ1) is 47.4. The second kappa shape index (κ2) is 25.3. The van der Waals surface area contributed by atoms with Crippen LogP contribution in [0.25, 0.3) is 16.0 Å². The molecule has 3 atom stereocenters. The first kappa shape index (κ1) is 64.9. The van der Waals surface area contributed by atoms with Crippen molar-refractivity contribution in [2.24, 2.45) is 72.1 Å². The highest BCUT2D eigenvalue weighted by Crippen LogP contribution is 2.66. The number of nitrogens with zero attached hydrogens (tertiary/aromatic N) is 7. The third-order valence-corrected chi connectivity index (χ3v) is 25.2. The summed E-state index contributed by atoms with van der Waals surface area (Å²) in [6.07, 6.45) is 20.9. The number of guanidine groups is 3. The van der Waals surface area contributed by atoms with E-state index in [2.05, 4.69) is 178 Å². The molecule has 98 heavy (non-hydrogen) atoms. The molecule has 17 rings (SSSR count). The van der Waals surface area contributed by atoms with E-state index in [1.807, 2.05) is 24.3 Å². The van der Waals surface area contributed by atoms with Gasteiger partial charge in [0.25, 0.3) is 17.7 Å². The zero-order valence-corrected chi connectivity index (χ0v) is 58.2. The number of nitrogens with two attached hydrogens (primary N) is 3. The molecule has 4 saturated carbocycles. The molecule has 7 aromatic carbocycles. The number of aliphatic imine (C=N–C) groups is 3. The monoisotopic (exact) mass is 1360 g/mol. The number of amides is 3. The molecule has 14 heteroatoms. The summed E-state index contributed by atoms with van der Waals surface area (Å²) in [5.41, 5.74) is 30.0. The Labute approximate surface area is 585 Å². The second-order valence-corrected chi connectivity index (χ2v) is 31.1. The number of hydrogen-bond acceptors (Lipinski definition) is 9. The molecule has 3 aliphatic heterocycles. The van der Waals surface area contributed by atoms with Gasteiger partial charge in [-0.05, 0) is 244 Å². The molecule has 498 valence electrons. The van der Waals surface area contributed by atoms with Crippen molar-refractivity contribution in [3.8, 4) is 23.0 Å². The van der Waals surface area contributed by atoms with Gasteiger partial charge >= 0.3 is 0 Å². The molecule has 13 nitrogen and oxygen atoms in total. The maximum Gasteiger partial charge on any atom is 0.262 e. The fourth-order valence-corrected chi connectivity index (χ4v) is 19.5. The van der Waals surface area contributed by atoms with Gasteiger partial charge in [-0.1, -0.05) is 161 Å². The highest BCUT2D eigenvalue weighted by atomic mass is 79.9. The van der Waals surface area contributed by atoms with Gasteiger partial charge in [-0.3, -0.25) is 29.1 Å². The van der Waals surface area contributed by atoms with Gasteiger partial charge in [0.15, 0.2) is 40.2 Å². The lowest BCUT2D eigenvalue weighted by Gasteiger charge is -2.45. The van der Waals surface area contributed by atoms with Crippen molar-refractivity contribution in [1.29, 1.82) is 0 Å². The van der Waals surface area contributed by atoms with E-state index in [4.69, 9.17) is 38.8 Å². The highest BCUT2D eigenvalue weighted by Gasteiger charge is 2.69. The average molecular weight is 1360 g/mol. The van der Waals surface area contributed by atoms with Crippen molar-refractivity contribution in [3.63, 3.8) is 0 Å². The summed E-state index contributed by atoms with van der Waals surface area (Å²) in [6.45, 7) is 7.39. The lowest BCUT2D eigenvalue weighted by molar-refractivity contribution is -0.137. The average Bonchev–Trinajstić information content (AvgIpc) is 1.54. The zero-order valence-electron chi connectivity index (χ0n) is 56.6. The smallest absolute Gasteiger partial charge is 0.262 e. The van der Waals surface area contributed by atoms with Crippen LogP contribution in [0.15, 0.2) is 189 Å². The van der Waals surface area contributed by atoms with E-state index in [1.54, 1.807) is 35.8 Å². The normalized spacial score (nSPS) is 29.2. The van der Waals surface area contributed by atoms with E-state index in [9.17, 15) is 14.4 Å². The first-order valence-electron chi connectivity index (χ1n) is 35.5. The van der Waals surface area contributed by atoms with Gasteiger partial charge in [-0.15, -0.1) is 0 Å². The Morgan fingerprint density at radius 2 is 0.837 bits per heavy atom. The van der Waals surface area contributed by atoms with Crippen molar-refractivity contribution < 1.29 is 14.4 Å². The quantitative estimate of drug-likeness (QED) is 0.105. The number of hydrogen-bond donors (Lipinski definition) is 3. The summed E-state index contributed by atoms with van der Waals surface area (Å²) in [4.78, 5) is 64.5. The Morgan fingerprint density at radius 1 is 0.459 bits per heavy atom. The third kappa shape index (κ3) is 10.9. The van der Waals surface area contributed by atoms with E-state index < -0.39 is 16.6 Å². The van der Waals surface area contributed by atoms with Gasteiger partial charge < -0.3 is 17.2 Å². The van der Waals surface area contributed by atoms with Gasteiger partial charge in [-0.2, -0.15) is 0 Å². The predicted molar refractivity (Wildman–Crippen MR) is 391 cm³/mol. The van der Waals surface area contributed by atoms with E-state index in [-0.39, 0.29) is 34.0 Å². The molecule has 6 N–H and O–H groups in total. The summed E-state index contributed by atoms with van der Waals surface area (Å²) >= 11 is 3.60. The van der Waals surface area contributed by atoms with Crippen LogP contribution < -0.4 is 17.2 Å². The summed E-state index contributed by atoms with van der Waals surface area (Å²) in [5.74, 6) is 10.2. The Kier molecular flexibility index (Phi) is 16.8. The zero-order chi connectivity index (χ0) is 67.8. The SMILES string of the molecule is CN1C(=O)C2(N=C1N)c1cc(Br)ccc1CC21CCC(Cc2ccccc2)CC1.CN1C(=O)C2(N=C1N)c1cc(C#CC3CC3)ccc1CC21CCC(Cc2ccccc2)CC1.[C-]#[N+]c1cccc(-c2ccc3c(c2)C2(N=C(N)N(C)C2=O)C2(CCC(Cc4ccccc4)CC2)C3)c1. The molecule has 0 bridgehead atoms. The van der Waals surface area contributed by atoms with Crippen molar-refractivity contribution >= 4 is 57.2 Å². The number of halogens is 1. The Hall–Kier alpha value is -9.11. The predicted octanol–water partition coefficient (Wildman–Crippen LogP) is 14.7. The van der Waals surface area contributed by atoms with Crippen molar-refractivity contribution in [3.05, 3.63) is 241 Å².